The number of carbonyl (C=O) groups excluding carboxylic acids is 1. The molecule has 0 aromatic heterocycles. The highest BCUT2D eigenvalue weighted by Crippen LogP contribution is 1.83. The summed E-state index contributed by atoms with van der Waals surface area (Å²) in [5, 5.41) is 2.81. The first-order valence-electron chi connectivity index (χ1n) is 3.14. The Morgan fingerprint density at radius 3 is 2.78 bits per heavy atom. The van der Waals surface area contributed by atoms with Gasteiger partial charge in [-0.25, -0.2) is 0 Å². The predicted octanol–water partition coefficient (Wildman–Crippen LogP) is -0.289. The molecule has 0 unspecified atom stereocenters. The van der Waals surface area contributed by atoms with Crippen LogP contribution in [0.2, 0.25) is 6.04 Å². The normalized spacial score (nSPS) is 9.44. The Bertz CT molecular complexity index is 89.0. The zero-order valence-corrected chi connectivity index (χ0v) is 9.77. The van der Waals surface area contributed by atoms with E-state index in [9.17, 15) is 4.79 Å². The van der Waals surface area contributed by atoms with Crippen LogP contribution in [-0.2, 0) is 4.79 Å². The molecule has 9 heavy (non-hydrogen) atoms. The molecule has 0 spiro atoms. The minimum Gasteiger partial charge on any atom is -0.355 e. The van der Waals surface area contributed by atoms with Gasteiger partial charge >= 0.3 is 0 Å². The maximum Gasteiger partial charge on any atom is 0.229 e. The number of nitrogens with one attached hydrogen (secondary N) is 1. The van der Waals surface area contributed by atoms with Gasteiger partial charge in [-0.05, 0) is 6.42 Å². The first-order valence-corrected chi connectivity index (χ1v) is 6.08. The van der Waals surface area contributed by atoms with Gasteiger partial charge in [0.1, 0.15) is 0 Å². The van der Waals surface area contributed by atoms with Gasteiger partial charge in [0.25, 0.3) is 0 Å². The van der Waals surface area contributed by atoms with E-state index in [1.54, 1.807) is 0 Å². The second kappa shape index (κ2) is 6.54. The summed E-state index contributed by atoms with van der Waals surface area (Å²) in [4.78, 5) is 10.6. The molecule has 0 bridgehead atoms. The molecular formula is C5H12INOSi. The van der Waals surface area contributed by atoms with Crippen LogP contribution in [-0.4, -0.2) is 27.1 Å². The number of carbonyl (C=O) groups is 1. The number of hydrogen-bond donors (Lipinski definition) is 1. The molecule has 0 atom stereocenters. The molecule has 0 aliphatic carbocycles. The Morgan fingerprint density at radius 1 is 1.67 bits per heavy atom. The van der Waals surface area contributed by atoms with E-state index in [1.807, 2.05) is 0 Å². The number of halogens is 1. The quantitative estimate of drug-likeness (QED) is 0.319. The first kappa shape index (κ1) is 9.42. The highest BCUT2D eigenvalue weighted by atomic mass is 127. The molecule has 54 valence electrons. The maximum atomic E-state index is 10.6. The lowest BCUT2D eigenvalue weighted by molar-refractivity contribution is -0.118. The lowest BCUT2D eigenvalue weighted by Gasteiger charge is -1.98. The minimum atomic E-state index is 0.158. The molecular weight excluding hydrogens is 245 g/mol. The van der Waals surface area contributed by atoms with Crippen LogP contribution in [0.4, 0.5) is 0 Å². The van der Waals surface area contributed by atoms with Crippen molar-refractivity contribution in [3.63, 3.8) is 0 Å². The lowest BCUT2D eigenvalue weighted by atomic mass is 10.5. The lowest BCUT2D eigenvalue weighted by Crippen LogP contribution is -2.24. The first-order chi connectivity index (χ1) is 4.31. The van der Waals surface area contributed by atoms with Gasteiger partial charge in [0.2, 0.25) is 5.91 Å². The molecule has 4 heteroatoms. The van der Waals surface area contributed by atoms with Crippen LogP contribution in [0.1, 0.15) is 6.42 Å². The third-order valence-electron chi connectivity index (χ3n) is 0.974. The van der Waals surface area contributed by atoms with Crippen molar-refractivity contribution in [2.75, 3.05) is 11.0 Å². The van der Waals surface area contributed by atoms with E-state index in [1.165, 1.54) is 16.3 Å². The Morgan fingerprint density at radius 2 is 2.33 bits per heavy atom. The zero-order chi connectivity index (χ0) is 7.11. The number of amides is 1. The molecule has 0 aromatic rings. The van der Waals surface area contributed by atoms with Crippen LogP contribution in [0.3, 0.4) is 0 Å². The molecule has 0 saturated heterocycles. The summed E-state index contributed by atoms with van der Waals surface area (Å²) in [6.45, 7) is 0.866. The van der Waals surface area contributed by atoms with Crippen molar-refractivity contribution < 1.29 is 4.79 Å². The average Bonchev–Trinajstić information content (AvgIpc) is 1.89. The van der Waals surface area contributed by atoms with Gasteiger partial charge in [0.15, 0.2) is 0 Å². The summed E-state index contributed by atoms with van der Waals surface area (Å²) >= 11 is 2.06. The van der Waals surface area contributed by atoms with E-state index < -0.39 is 0 Å². The van der Waals surface area contributed by atoms with Gasteiger partial charge < -0.3 is 5.32 Å². The van der Waals surface area contributed by atoms with Gasteiger partial charge in [-0.1, -0.05) is 28.6 Å². The van der Waals surface area contributed by atoms with Crippen LogP contribution in [0, 0.1) is 0 Å². The van der Waals surface area contributed by atoms with E-state index in [4.69, 9.17) is 0 Å². The van der Waals surface area contributed by atoms with Gasteiger partial charge in [-0.3, -0.25) is 4.79 Å². The second-order valence-corrected chi connectivity index (χ2v) is 3.60. The molecule has 1 amide bonds. The predicted molar refractivity (Wildman–Crippen MR) is 51.3 cm³/mol. The molecule has 1 N–H and O–H groups in total. The van der Waals surface area contributed by atoms with Gasteiger partial charge in [0.05, 0.1) is 4.43 Å². The fourth-order valence-corrected chi connectivity index (χ4v) is 1.08. The van der Waals surface area contributed by atoms with Crippen molar-refractivity contribution in [1.29, 1.82) is 0 Å². The van der Waals surface area contributed by atoms with Crippen LogP contribution >= 0.6 is 22.6 Å². The minimum absolute atomic E-state index is 0.158. The molecule has 0 heterocycles. The second-order valence-electron chi connectivity index (χ2n) is 1.84. The number of hydrogen-bond acceptors (Lipinski definition) is 1. The van der Waals surface area contributed by atoms with Gasteiger partial charge in [-0.2, -0.15) is 0 Å². The Balaban J connectivity index is 2.97. The van der Waals surface area contributed by atoms with E-state index in [2.05, 4.69) is 27.9 Å². The molecule has 0 saturated carbocycles. The third-order valence-corrected chi connectivity index (χ3v) is 2.37. The maximum absolute atomic E-state index is 10.6. The summed E-state index contributed by atoms with van der Waals surface area (Å²) in [6.07, 6.45) is 1.15. The summed E-state index contributed by atoms with van der Waals surface area (Å²) < 4.78 is 0.582. The van der Waals surface area contributed by atoms with Gasteiger partial charge in [0, 0.05) is 16.8 Å². The van der Waals surface area contributed by atoms with E-state index in [0.29, 0.717) is 4.43 Å². The topological polar surface area (TPSA) is 29.1 Å². The van der Waals surface area contributed by atoms with Crippen LogP contribution in [0.15, 0.2) is 0 Å². The molecule has 0 aliphatic heterocycles. The molecule has 0 rings (SSSR count). The van der Waals surface area contributed by atoms with Crippen molar-refractivity contribution in [3.05, 3.63) is 0 Å². The van der Waals surface area contributed by atoms with Crippen molar-refractivity contribution in [1.82, 2.24) is 5.32 Å². The number of rotatable bonds is 4. The molecule has 0 aromatic carbocycles. The summed E-state index contributed by atoms with van der Waals surface area (Å²) in [5.41, 5.74) is 0. The average molecular weight is 257 g/mol. The van der Waals surface area contributed by atoms with E-state index in [-0.39, 0.29) is 5.91 Å². The Hall–Kier alpha value is 0.417. The monoisotopic (exact) mass is 257 g/mol. The molecule has 0 aliphatic rings. The van der Waals surface area contributed by atoms with Crippen molar-refractivity contribution in [2.45, 2.75) is 12.5 Å². The van der Waals surface area contributed by atoms with Crippen LogP contribution < -0.4 is 5.32 Å². The fourth-order valence-electron chi connectivity index (χ4n) is 0.452. The molecule has 2 nitrogen and oxygen atoms in total. The largest absolute Gasteiger partial charge is 0.355 e. The Kier molecular flexibility index (Phi) is 6.84. The highest BCUT2D eigenvalue weighted by molar-refractivity contribution is 14.1. The molecule has 0 fully saturated rings. The van der Waals surface area contributed by atoms with Crippen molar-refractivity contribution in [3.8, 4) is 0 Å². The summed E-state index contributed by atoms with van der Waals surface area (Å²) in [5.74, 6) is 0.158. The van der Waals surface area contributed by atoms with Gasteiger partial charge in [-0.15, -0.1) is 0 Å². The fraction of sp³-hybridized carbons (Fsp3) is 0.800. The third kappa shape index (κ3) is 6.30. The van der Waals surface area contributed by atoms with Crippen molar-refractivity contribution >= 4 is 38.7 Å². The Labute approximate surface area is 72.3 Å². The van der Waals surface area contributed by atoms with E-state index in [0.717, 1.165) is 13.0 Å². The van der Waals surface area contributed by atoms with E-state index >= 15 is 0 Å². The molecule has 0 radical (unpaired) electrons. The van der Waals surface area contributed by atoms with Crippen LogP contribution in [0.5, 0.6) is 0 Å². The smallest absolute Gasteiger partial charge is 0.229 e. The SMILES string of the molecule is O=C(CI)NCCC[SiH3]. The zero-order valence-electron chi connectivity index (χ0n) is 5.61. The van der Waals surface area contributed by atoms with Crippen LogP contribution in [0.25, 0.3) is 0 Å². The highest BCUT2D eigenvalue weighted by Gasteiger charge is 1.93. The standard InChI is InChI=1S/C5H12INOSi/c6-4-5(8)7-2-1-3-9/h1-4H2,9H3,(H,7,8). The summed E-state index contributed by atoms with van der Waals surface area (Å²) in [7, 11) is 1.25. The number of alkyl halides is 1. The van der Waals surface area contributed by atoms with Crippen molar-refractivity contribution in [2.24, 2.45) is 0 Å². The summed E-state index contributed by atoms with van der Waals surface area (Å²) in [6, 6.07) is 1.28.